The van der Waals surface area contributed by atoms with Gasteiger partial charge in [0.1, 0.15) is 12.2 Å². The van der Waals surface area contributed by atoms with Crippen molar-refractivity contribution < 1.29 is 24.4 Å². The molecule has 0 aromatic heterocycles. The summed E-state index contributed by atoms with van der Waals surface area (Å²) in [5.41, 5.74) is 0. The van der Waals surface area contributed by atoms with Crippen LogP contribution in [0, 0.1) is 10.1 Å². The van der Waals surface area contributed by atoms with E-state index in [1.165, 1.54) is 0 Å². The SMILES string of the molecule is O=[N+]([O-])OOC1COC2CCOC21. The zero-order valence-electron chi connectivity index (χ0n) is 6.75. The third kappa shape index (κ3) is 1.71. The van der Waals surface area contributed by atoms with Crippen LogP contribution in [0.15, 0.2) is 0 Å². The van der Waals surface area contributed by atoms with Gasteiger partial charge in [-0.15, -0.1) is 15.1 Å². The number of hydrogen-bond acceptors (Lipinski definition) is 6. The molecule has 0 bridgehead atoms. The van der Waals surface area contributed by atoms with Gasteiger partial charge in [0.15, 0.2) is 0 Å². The van der Waals surface area contributed by atoms with Gasteiger partial charge < -0.3 is 9.47 Å². The van der Waals surface area contributed by atoms with Gasteiger partial charge >= 0.3 is 5.09 Å². The number of nitrogens with zero attached hydrogens (tertiary/aromatic N) is 1. The van der Waals surface area contributed by atoms with Crippen molar-refractivity contribution in [1.82, 2.24) is 0 Å². The standard InChI is InChI=1S/C6H9NO6/c8-7(9)13-12-5-3-11-4-1-2-10-6(4)5/h4-6H,1-3H2. The van der Waals surface area contributed by atoms with Gasteiger partial charge in [-0.3, -0.25) is 0 Å². The molecule has 74 valence electrons. The summed E-state index contributed by atoms with van der Waals surface area (Å²) in [6.07, 6.45) is 0.0985. The fourth-order valence-electron chi connectivity index (χ4n) is 1.60. The van der Waals surface area contributed by atoms with E-state index in [-0.39, 0.29) is 18.8 Å². The second kappa shape index (κ2) is 3.44. The van der Waals surface area contributed by atoms with Crippen molar-refractivity contribution in [3.05, 3.63) is 10.1 Å². The quantitative estimate of drug-likeness (QED) is 0.345. The average Bonchev–Trinajstić information content (AvgIpc) is 2.60. The Morgan fingerprint density at radius 2 is 2.31 bits per heavy atom. The van der Waals surface area contributed by atoms with Crippen LogP contribution >= 0.6 is 0 Å². The Balaban J connectivity index is 1.83. The summed E-state index contributed by atoms with van der Waals surface area (Å²) < 4.78 is 10.5. The number of hydrogen-bond donors (Lipinski definition) is 0. The first-order valence-electron chi connectivity index (χ1n) is 3.98. The summed E-state index contributed by atoms with van der Waals surface area (Å²) >= 11 is 0. The van der Waals surface area contributed by atoms with Crippen LogP contribution in [0.2, 0.25) is 0 Å². The minimum absolute atomic E-state index is 0.000328. The molecule has 3 atom stereocenters. The second-order valence-corrected chi connectivity index (χ2v) is 2.93. The van der Waals surface area contributed by atoms with E-state index in [0.717, 1.165) is 6.42 Å². The van der Waals surface area contributed by atoms with E-state index in [2.05, 4.69) is 9.88 Å². The van der Waals surface area contributed by atoms with Crippen molar-refractivity contribution in [2.75, 3.05) is 13.2 Å². The van der Waals surface area contributed by atoms with E-state index in [9.17, 15) is 10.1 Å². The van der Waals surface area contributed by atoms with Crippen LogP contribution in [0.5, 0.6) is 0 Å². The van der Waals surface area contributed by atoms with Gasteiger partial charge in [-0.1, -0.05) is 0 Å². The molecule has 2 aliphatic rings. The zero-order valence-corrected chi connectivity index (χ0v) is 6.75. The highest BCUT2D eigenvalue weighted by Gasteiger charge is 2.43. The topological polar surface area (TPSA) is 80.1 Å². The fraction of sp³-hybridized carbons (Fsp3) is 1.00. The van der Waals surface area contributed by atoms with E-state index in [4.69, 9.17) is 9.47 Å². The summed E-state index contributed by atoms with van der Waals surface area (Å²) in [6.45, 7) is 0.886. The van der Waals surface area contributed by atoms with Crippen LogP contribution in [0.3, 0.4) is 0 Å². The van der Waals surface area contributed by atoms with Crippen molar-refractivity contribution >= 4 is 0 Å². The molecule has 0 N–H and O–H groups in total. The highest BCUT2D eigenvalue weighted by Crippen LogP contribution is 2.28. The fourth-order valence-corrected chi connectivity index (χ4v) is 1.60. The Kier molecular flexibility index (Phi) is 2.30. The third-order valence-corrected chi connectivity index (χ3v) is 2.15. The van der Waals surface area contributed by atoms with E-state index in [1.54, 1.807) is 0 Å². The van der Waals surface area contributed by atoms with E-state index >= 15 is 0 Å². The maximum Gasteiger partial charge on any atom is 0.322 e. The van der Waals surface area contributed by atoms with Crippen LogP contribution in [0.25, 0.3) is 0 Å². The molecule has 2 saturated heterocycles. The summed E-state index contributed by atoms with van der Waals surface area (Å²) in [7, 11) is 0. The molecule has 3 unspecified atom stereocenters. The lowest BCUT2D eigenvalue weighted by molar-refractivity contribution is -0.855. The van der Waals surface area contributed by atoms with Gasteiger partial charge in [0, 0.05) is 6.61 Å². The predicted octanol–water partition coefficient (Wildman–Crippen LogP) is -0.317. The van der Waals surface area contributed by atoms with E-state index in [1.807, 2.05) is 0 Å². The highest BCUT2D eigenvalue weighted by molar-refractivity contribution is 4.89. The lowest BCUT2D eigenvalue weighted by Gasteiger charge is -2.12. The lowest BCUT2D eigenvalue weighted by Crippen LogP contribution is -2.30. The van der Waals surface area contributed by atoms with Crippen LogP contribution in [-0.2, 0) is 19.3 Å². The highest BCUT2D eigenvalue weighted by atomic mass is 17.3. The summed E-state index contributed by atoms with van der Waals surface area (Å²) in [6, 6.07) is 0. The van der Waals surface area contributed by atoms with Crippen molar-refractivity contribution in [3.8, 4) is 0 Å². The average molecular weight is 191 g/mol. The van der Waals surface area contributed by atoms with Crippen molar-refractivity contribution in [2.45, 2.75) is 24.7 Å². The normalized spacial score (nSPS) is 37.4. The summed E-state index contributed by atoms with van der Waals surface area (Å²) in [5, 5.41) is 8.83. The molecule has 13 heavy (non-hydrogen) atoms. The van der Waals surface area contributed by atoms with Crippen molar-refractivity contribution in [2.24, 2.45) is 0 Å². The van der Waals surface area contributed by atoms with Gasteiger partial charge in [-0.05, 0) is 6.42 Å². The lowest BCUT2D eigenvalue weighted by atomic mass is 10.1. The monoisotopic (exact) mass is 191 g/mol. The molecule has 2 aliphatic heterocycles. The van der Waals surface area contributed by atoms with E-state index in [0.29, 0.717) is 6.61 Å². The van der Waals surface area contributed by atoms with Gasteiger partial charge in [-0.2, -0.15) is 4.89 Å². The maximum absolute atomic E-state index is 9.82. The number of fused-ring (bicyclic) bond motifs is 1. The Morgan fingerprint density at radius 3 is 3.08 bits per heavy atom. The molecule has 2 heterocycles. The molecule has 2 fully saturated rings. The number of ether oxygens (including phenoxy) is 2. The van der Waals surface area contributed by atoms with Crippen LogP contribution in [0.4, 0.5) is 0 Å². The second-order valence-electron chi connectivity index (χ2n) is 2.93. The molecule has 0 amide bonds. The Morgan fingerprint density at radius 1 is 1.46 bits per heavy atom. The molecule has 7 heteroatoms. The third-order valence-electron chi connectivity index (χ3n) is 2.15. The van der Waals surface area contributed by atoms with E-state index < -0.39 is 11.2 Å². The van der Waals surface area contributed by atoms with Gasteiger partial charge in [-0.25, -0.2) is 0 Å². The van der Waals surface area contributed by atoms with Crippen LogP contribution < -0.4 is 0 Å². The molecule has 0 aliphatic carbocycles. The molecule has 0 aromatic rings. The van der Waals surface area contributed by atoms with Crippen molar-refractivity contribution in [1.29, 1.82) is 0 Å². The van der Waals surface area contributed by atoms with Gasteiger partial charge in [0.05, 0.1) is 12.7 Å². The van der Waals surface area contributed by atoms with Crippen LogP contribution in [-0.4, -0.2) is 36.6 Å². The molecule has 7 nitrogen and oxygen atoms in total. The van der Waals surface area contributed by atoms with Crippen LogP contribution in [0.1, 0.15) is 6.42 Å². The maximum atomic E-state index is 9.82. The molecule has 0 radical (unpaired) electrons. The molecular formula is C6H9NO6. The minimum Gasteiger partial charge on any atom is -0.372 e. The summed E-state index contributed by atoms with van der Waals surface area (Å²) in [5.74, 6) is 0. The molecular weight excluding hydrogens is 182 g/mol. The van der Waals surface area contributed by atoms with Gasteiger partial charge in [0.25, 0.3) is 0 Å². The largest absolute Gasteiger partial charge is 0.372 e. The molecule has 0 saturated carbocycles. The van der Waals surface area contributed by atoms with Crippen molar-refractivity contribution in [3.63, 3.8) is 0 Å². The number of rotatable bonds is 3. The smallest absolute Gasteiger partial charge is 0.322 e. The Hall–Kier alpha value is -0.920. The van der Waals surface area contributed by atoms with Gasteiger partial charge in [0.2, 0.25) is 0 Å². The first kappa shape index (κ1) is 8.67. The Bertz CT molecular complexity index is 209. The minimum atomic E-state index is -0.998. The molecule has 0 spiro atoms. The Labute approximate surface area is 73.5 Å². The summed E-state index contributed by atoms with van der Waals surface area (Å²) in [4.78, 5) is 18.2. The zero-order chi connectivity index (χ0) is 9.26. The molecule has 2 rings (SSSR count). The first-order chi connectivity index (χ1) is 6.27. The first-order valence-corrected chi connectivity index (χ1v) is 3.98. The predicted molar refractivity (Wildman–Crippen MR) is 37.0 cm³/mol. The molecule has 0 aromatic carbocycles.